The minimum Gasteiger partial charge on any atom is -0.481 e. The predicted octanol–water partition coefficient (Wildman–Crippen LogP) is 3.28. The van der Waals surface area contributed by atoms with Crippen LogP contribution in [0.3, 0.4) is 0 Å². The van der Waals surface area contributed by atoms with Crippen LogP contribution in [0.15, 0.2) is 36.5 Å². The fourth-order valence-electron chi connectivity index (χ4n) is 2.55. The molecule has 4 nitrogen and oxygen atoms in total. The number of ketones is 1. The normalized spacial score (nSPS) is 22.9. The van der Waals surface area contributed by atoms with Crippen LogP contribution in [-0.4, -0.2) is 28.1 Å². The molecule has 0 aromatic carbocycles. The molecule has 0 aromatic heterocycles. The van der Waals surface area contributed by atoms with Gasteiger partial charge in [0, 0.05) is 18.3 Å². The van der Waals surface area contributed by atoms with Crippen LogP contribution in [-0.2, 0) is 9.59 Å². The summed E-state index contributed by atoms with van der Waals surface area (Å²) in [5.74, 6) is -0.456. The molecule has 1 aliphatic carbocycles. The Labute approximate surface area is 132 Å². The number of aliphatic carboxylic acids is 1. The summed E-state index contributed by atoms with van der Waals surface area (Å²) in [6.07, 6.45) is 14.5. The van der Waals surface area contributed by atoms with Crippen LogP contribution in [0.25, 0.3) is 0 Å². The molecule has 0 aliphatic heterocycles. The van der Waals surface area contributed by atoms with Gasteiger partial charge in [0.2, 0.25) is 0 Å². The van der Waals surface area contributed by atoms with Crippen molar-refractivity contribution in [1.82, 2.24) is 0 Å². The van der Waals surface area contributed by atoms with Crippen molar-refractivity contribution in [3.05, 3.63) is 36.5 Å². The van der Waals surface area contributed by atoms with Gasteiger partial charge >= 0.3 is 5.97 Å². The zero-order valence-electron chi connectivity index (χ0n) is 13.1. The van der Waals surface area contributed by atoms with E-state index in [2.05, 4.69) is 0 Å². The molecule has 0 saturated heterocycles. The molecular weight excluding hydrogens is 280 g/mol. The Kier molecular flexibility index (Phi) is 8.44. The van der Waals surface area contributed by atoms with Crippen LogP contribution in [0.2, 0.25) is 0 Å². The van der Waals surface area contributed by atoms with Crippen molar-refractivity contribution in [2.45, 2.75) is 51.6 Å². The fourth-order valence-corrected chi connectivity index (χ4v) is 2.55. The zero-order chi connectivity index (χ0) is 16.4. The maximum absolute atomic E-state index is 11.6. The molecule has 0 bridgehead atoms. The number of hydrogen-bond donors (Lipinski definition) is 2. The van der Waals surface area contributed by atoms with Crippen LogP contribution >= 0.6 is 0 Å². The maximum Gasteiger partial charge on any atom is 0.303 e. The van der Waals surface area contributed by atoms with E-state index >= 15 is 0 Å². The van der Waals surface area contributed by atoms with Crippen LogP contribution in [0, 0.1) is 11.8 Å². The summed E-state index contributed by atoms with van der Waals surface area (Å²) in [6, 6.07) is 0. The van der Waals surface area contributed by atoms with E-state index < -0.39 is 12.1 Å². The smallest absolute Gasteiger partial charge is 0.303 e. The predicted molar refractivity (Wildman–Crippen MR) is 86.4 cm³/mol. The highest BCUT2D eigenvalue weighted by molar-refractivity contribution is 5.94. The van der Waals surface area contributed by atoms with Gasteiger partial charge in [0.15, 0.2) is 5.78 Å². The molecule has 0 aromatic rings. The number of carboxylic acids is 1. The van der Waals surface area contributed by atoms with E-state index in [9.17, 15) is 14.7 Å². The van der Waals surface area contributed by atoms with Gasteiger partial charge in [-0.25, -0.2) is 0 Å². The number of rotatable bonds is 10. The highest BCUT2D eigenvalue weighted by Gasteiger charge is 2.26. The molecule has 4 heteroatoms. The highest BCUT2D eigenvalue weighted by atomic mass is 16.4. The first-order chi connectivity index (χ1) is 10.5. The lowest BCUT2D eigenvalue weighted by Crippen LogP contribution is -2.13. The van der Waals surface area contributed by atoms with Crippen molar-refractivity contribution in [2.24, 2.45) is 11.8 Å². The van der Waals surface area contributed by atoms with Crippen molar-refractivity contribution >= 4 is 11.8 Å². The summed E-state index contributed by atoms with van der Waals surface area (Å²) in [5, 5.41) is 18.4. The topological polar surface area (TPSA) is 74.6 Å². The molecule has 22 heavy (non-hydrogen) atoms. The lowest BCUT2D eigenvalue weighted by Gasteiger charge is -2.12. The van der Waals surface area contributed by atoms with Crippen molar-refractivity contribution in [1.29, 1.82) is 0 Å². The fraction of sp³-hybridized carbons (Fsp3) is 0.556. The number of aliphatic hydroxyl groups excluding tert-OH is 1. The molecule has 0 radical (unpaired) electrons. The summed E-state index contributed by atoms with van der Waals surface area (Å²) >= 11 is 0. The Bertz CT molecular complexity index is 448. The van der Waals surface area contributed by atoms with E-state index in [1.165, 1.54) is 0 Å². The lowest BCUT2D eigenvalue weighted by molar-refractivity contribution is -0.137. The van der Waals surface area contributed by atoms with E-state index in [1.54, 1.807) is 12.2 Å². The molecule has 0 saturated carbocycles. The Morgan fingerprint density at radius 2 is 2.14 bits per heavy atom. The molecular formula is C18H26O4. The number of allylic oxidation sites excluding steroid dienone is 4. The number of carbonyl (C=O) groups excluding carboxylic acids is 1. The van der Waals surface area contributed by atoms with Crippen molar-refractivity contribution in [3.8, 4) is 0 Å². The molecule has 0 fully saturated rings. The standard InChI is InChI=1S/C18H26O4/c1-2-16-14(11-13-17(16)20)10-12-15(19)8-6-4-3-5-7-9-18(21)22/h4,6,10-16,19H,2-3,5,7-9H2,1H3,(H,21,22)/b6-4-,12-10+/t14-,15-,16-/m0/s1. The van der Waals surface area contributed by atoms with Crippen molar-refractivity contribution in [3.63, 3.8) is 0 Å². The molecule has 0 unspecified atom stereocenters. The first-order valence-electron chi connectivity index (χ1n) is 7.99. The second-order valence-electron chi connectivity index (χ2n) is 5.65. The molecule has 0 heterocycles. The maximum atomic E-state index is 11.6. The molecule has 1 aliphatic rings. The quantitative estimate of drug-likeness (QED) is 0.480. The third-order valence-corrected chi connectivity index (χ3v) is 3.86. The van der Waals surface area contributed by atoms with E-state index in [-0.39, 0.29) is 24.0 Å². The second kappa shape index (κ2) is 10.1. The summed E-state index contributed by atoms with van der Waals surface area (Å²) in [4.78, 5) is 21.9. The average molecular weight is 306 g/mol. The molecule has 0 amide bonds. The SMILES string of the molecule is CC[C@@H]1C(=O)C=C[C@@H]1/C=C/[C@@H](O)C/C=C\CCCCC(=O)O. The van der Waals surface area contributed by atoms with Crippen LogP contribution in [0.5, 0.6) is 0 Å². The van der Waals surface area contributed by atoms with Gasteiger partial charge in [-0.05, 0) is 38.2 Å². The Balaban J connectivity index is 2.21. The highest BCUT2D eigenvalue weighted by Crippen LogP contribution is 2.26. The van der Waals surface area contributed by atoms with Crippen molar-refractivity contribution < 1.29 is 19.8 Å². The van der Waals surface area contributed by atoms with Gasteiger partial charge < -0.3 is 10.2 Å². The summed E-state index contributed by atoms with van der Waals surface area (Å²) in [6.45, 7) is 2.00. The van der Waals surface area contributed by atoms with Gasteiger partial charge in [0.05, 0.1) is 6.10 Å². The second-order valence-corrected chi connectivity index (χ2v) is 5.65. The lowest BCUT2D eigenvalue weighted by atomic mass is 9.91. The summed E-state index contributed by atoms with van der Waals surface area (Å²) in [5.41, 5.74) is 0. The zero-order valence-corrected chi connectivity index (χ0v) is 13.1. The largest absolute Gasteiger partial charge is 0.481 e. The number of aliphatic hydroxyl groups is 1. The Morgan fingerprint density at radius 3 is 2.82 bits per heavy atom. The van der Waals surface area contributed by atoms with Gasteiger partial charge in [-0.1, -0.05) is 37.3 Å². The molecule has 1 rings (SSSR count). The Morgan fingerprint density at radius 1 is 1.36 bits per heavy atom. The van der Waals surface area contributed by atoms with Gasteiger partial charge in [0.25, 0.3) is 0 Å². The molecule has 122 valence electrons. The summed E-state index contributed by atoms with van der Waals surface area (Å²) < 4.78 is 0. The van der Waals surface area contributed by atoms with E-state index in [0.717, 1.165) is 19.3 Å². The van der Waals surface area contributed by atoms with Crippen LogP contribution in [0.1, 0.15) is 45.4 Å². The van der Waals surface area contributed by atoms with E-state index in [4.69, 9.17) is 5.11 Å². The first-order valence-corrected chi connectivity index (χ1v) is 7.99. The van der Waals surface area contributed by atoms with Gasteiger partial charge in [-0.3, -0.25) is 9.59 Å². The van der Waals surface area contributed by atoms with Gasteiger partial charge in [-0.15, -0.1) is 0 Å². The molecule has 3 atom stereocenters. The van der Waals surface area contributed by atoms with Gasteiger partial charge in [0.1, 0.15) is 0 Å². The summed E-state index contributed by atoms with van der Waals surface area (Å²) in [7, 11) is 0. The van der Waals surface area contributed by atoms with E-state index in [1.807, 2.05) is 31.2 Å². The van der Waals surface area contributed by atoms with Crippen LogP contribution in [0.4, 0.5) is 0 Å². The minimum atomic E-state index is -0.755. The molecule has 0 spiro atoms. The number of carbonyl (C=O) groups is 2. The average Bonchev–Trinajstić information content (AvgIpc) is 2.83. The minimum absolute atomic E-state index is 0.0215. The molecule has 2 N–H and O–H groups in total. The van der Waals surface area contributed by atoms with Crippen molar-refractivity contribution in [2.75, 3.05) is 0 Å². The third kappa shape index (κ3) is 6.85. The van der Waals surface area contributed by atoms with Gasteiger partial charge in [-0.2, -0.15) is 0 Å². The monoisotopic (exact) mass is 306 g/mol. The number of hydrogen-bond acceptors (Lipinski definition) is 3. The van der Waals surface area contributed by atoms with Crippen LogP contribution < -0.4 is 0 Å². The van der Waals surface area contributed by atoms with E-state index in [0.29, 0.717) is 12.8 Å². The number of carboxylic acid groups (broad SMARTS) is 1. The first kappa shape index (κ1) is 18.4. The Hall–Kier alpha value is -1.68. The third-order valence-electron chi connectivity index (χ3n) is 3.86. The number of unbranched alkanes of at least 4 members (excludes halogenated alkanes) is 2.